The van der Waals surface area contributed by atoms with Crippen LogP contribution in [-0.4, -0.2) is 51.1 Å². The van der Waals surface area contributed by atoms with Crippen molar-refractivity contribution in [2.75, 3.05) is 42.7 Å². The van der Waals surface area contributed by atoms with E-state index in [1.165, 1.54) is 10.6 Å². The number of anilines is 2. The van der Waals surface area contributed by atoms with Gasteiger partial charge in [0.25, 0.3) is 5.91 Å². The van der Waals surface area contributed by atoms with Crippen molar-refractivity contribution in [1.29, 1.82) is 0 Å². The number of sulfonamides is 1. The number of nitrogens with one attached hydrogen (secondary N) is 1. The second-order valence-corrected chi connectivity index (χ2v) is 8.58. The highest BCUT2D eigenvalue weighted by Crippen LogP contribution is 2.22. The second kappa shape index (κ2) is 7.65. The summed E-state index contributed by atoms with van der Waals surface area (Å²) in [6, 6.07) is 14.3. The van der Waals surface area contributed by atoms with Crippen molar-refractivity contribution in [1.82, 2.24) is 4.31 Å². The molecule has 6 nitrogen and oxygen atoms in total. The van der Waals surface area contributed by atoms with Gasteiger partial charge >= 0.3 is 0 Å². The SMILES string of the molecule is CS(=O)(=O)N1CCN(c2cccc(NC(=O)c3cccc(Cl)c3)c2)CC1. The lowest BCUT2D eigenvalue weighted by Crippen LogP contribution is -2.48. The zero-order valence-electron chi connectivity index (χ0n) is 14.4. The van der Waals surface area contributed by atoms with Crippen molar-refractivity contribution in [3.05, 3.63) is 59.1 Å². The molecule has 3 rings (SSSR count). The summed E-state index contributed by atoms with van der Waals surface area (Å²) in [5, 5.41) is 3.38. The van der Waals surface area contributed by atoms with Crippen LogP contribution in [-0.2, 0) is 10.0 Å². The quantitative estimate of drug-likeness (QED) is 0.867. The Bertz CT molecular complexity index is 909. The summed E-state index contributed by atoms with van der Waals surface area (Å²) in [5.74, 6) is -0.230. The smallest absolute Gasteiger partial charge is 0.255 e. The monoisotopic (exact) mass is 393 g/mol. The summed E-state index contributed by atoms with van der Waals surface area (Å²) in [6.45, 7) is 2.13. The van der Waals surface area contributed by atoms with E-state index in [9.17, 15) is 13.2 Å². The first-order chi connectivity index (χ1) is 12.3. The Hall–Kier alpha value is -2.09. The van der Waals surface area contributed by atoms with Crippen molar-refractivity contribution in [2.45, 2.75) is 0 Å². The maximum atomic E-state index is 12.4. The third-order valence-corrected chi connectivity index (χ3v) is 5.80. The van der Waals surface area contributed by atoms with Crippen LogP contribution in [0.2, 0.25) is 5.02 Å². The van der Waals surface area contributed by atoms with Crippen molar-refractivity contribution >= 4 is 38.9 Å². The summed E-state index contributed by atoms with van der Waals surface area (Å²) in [6.07, 6.45) is 1.23. The van der Waals surface area contributed by atoms with Gasteiger partial charge in [0, 0.05) is 48.1 Å². The Balaban J connectivity index is 1.68. The van der Waals surface area contributed by atoms with Crippen LogP contribution in [0.15, 0.2) is 48.5 Å². The largest absolute Gasteiger partial charge is 0.369 e. The molecule has 0 spiro atoms. The molecule has 8 heteroatoms. The van der Waals surface area contributed by atoms with Gasteiger partial charge in [0.15, 0.2) is 0 Å². The molecule has 1 aliphatic heterocycles. The summed E-state index contributed by atoms with van der Waals surface area (Å²) >= 11 is 5.93. The highest BCUT2D eigenvalue weighted by Gasteiger charge is 2.23. The number of carbonyl (C=O) groups excluding carboxylic acids is 1. The molecule has 0 saturated carbocycles. The van der Waals surface area contributed by atoms with Crippen LogP contribution in [0.3, 0.4) is 0 Å². The molecule has 0 atom stereocenters. The van der Waals surface area contributed by atoms with Gasteiger partial charge in [-0.15, -0.1) is 0 Å². The minimum Gasteiger partial charge on any atom is -0.369 e. The predicted molar refractivity (Wildman–Crippen MR) is 104 cm³/mol. The minimum atomic E-state index is -3.15. The summed E-state index contributed by atoms with van der Waals surface area (Å²) in [4.78, 5) is 14.5. The lowest BCUT2D eigenvalue weighted by Gasteiger charge is -2.34. The van der Waals surface area contributed by atoms with Gasteiger partial charge in [-0.3, -0.25) is 4.79 Å². The standard InChI is InChI=1S/C18H20ClN3O3S/c1-26(24,25)22-10-8-21(9-11-22)17-7-3-6-16(13-17)20-18(23)14-4-2-5-15(19)12-14/h2-7,12-13H,8-11H2,1H3,(H,20,23). The Morgan fingerprint density at radius 3 is 2.38 bits per heavy atom. The van der Waals surface area contributed by atoms with Crippen LogP contribution in [0.1, 0.15) is 10.4 Å². The van der Waals surface area contributed by atoms with Crippen LogP contribution >= 0.6 is 11.6 Å². The number of nitrogens with zero attached hydrogens (tertiary/aromatic N) is 2. The molecule has 1 heterocycles. The second-order valence-electron chi connectivity index (χ2n) is 6.16. The molecule has 1 aliphatic rings. The number of amides is 1. The Labute approximate surface area is 158 Å². The van der Waals surface area contributed by atoms with Crippen LogP contribution in [0.4, 0.5) is 11.4 Å². The molecule has 0 aromatic heterocycles. The average Bonchev–Trinajstić information content (AvgIpc) is 2.61. The molecule has 0 radical (unpaired) electrons. The molecule has 0 unspecified atom stereocenters. The lowest BCUT2D eigenvalue weighted by molar-refractivity contribution is 0.102. The normalized spacial score (nSPS) is 15.7. The van der Waals surface area contributed by atoms with E-state index >= 15 is 0 Å². The van der Waals surface area contributed by atoms with E-state index in [1.54, 1.807) is 24.3 Å². The number of hydrogen-bond acceptors (Lipinski definition) is 4. The maximum Gasteiger partial charge on any atom is 0.255 e. The molecular formula is C18H20ClN3O3S. The van der Waals surface area contributed by atoms with E-state index < -0.39 is 10.0 Å². The number of carbonyl (C=O) groups is 1. The maximum absolute atomic E-state index is 12.4. The number of rotatable bonds is 4. The van der Waals surface area contributed by atoms with E-state index in [2.05, 4.69) is 10.2 Å². The minimum absolute atomic E-state index is 0.230. The van der Waals surface area contributed by atoms with Crippen LogP contribution in [0, 0.1) is 0 Å². The fourth-order valence-electron chi connectivity index (χ4n) is 2.89. The van der Waals surface area contributed by atoms with Crippen molar-refractivity contribution in [2.24, 2.45) is 0 Å². The molecule has 26 heavy (non-hydrogen) atoms. The summed E-state index contributed by atoms with van der Waals surface area (Å²) in [7, 11) is -3.15. The fourth-order valence-corrected chi connectivity index (χ4v) is 3.91. The topological polar surface area (TPSA) is 69.7 Å². The third kappa shape index (κ3) is 4.55. The van der Waals surface area contributed by atoms with Crippen molar-refractivity contribution < 1.29 is 13.2 Å². The first-order valence-electron chi connectivity index (χ1n) is 8.20. The van der Waals surface area contributed by atoms with Crippen LogP contribution in [0.25, 0.3) is 0 Å². The van der Waals surface area contributed by atoms with E-state index in [4.69, 9.17) is 11.6 Å². The first kappa shape index (κ1) is 18.7. The average molecular weight is 394 g/mol. The predicted octanol–water partition coefficient (Wildman–Crippen LogP) is 2.67. The number of benzene rings is 2. The van der Waals surface area contributed by atoms with Crippen LogP contribution in [0.5, 0.6) is 0 Å². The van der Waals surface area contributed by atoms with Gasteiger partial charge in [-0.1, -0.05) is 23.7 Å². The Morgan fingerprint density at radius 1 is 1.04 bits per heavy atom. The zero-order valence-corrected chi connectivity index (χ0v) is 15.9. The zero-order chi connectivity index (χ0) is 18.7. The highest BCUT2D eigenvalue weighted by molar-refractivity contribution is 7.88. The van der Waals surface area contributed by atoms with Gasteiger partial charge in [-0.25, -0.2) is 8.42 Å². The Kier molecular flexibility index (Phi) is 5.50. The molecule has 1 amide bonds. The summed E-state index contributed by atoms with van der Waals surface area (Å²) in [5.41, 5.74) is 2.12. The van der Waals surface area contributed by atoms with E-state index in [0.717, 1.165) is 5.69 Å². The molecule has 1 N–H and O–H groups in total. The molecule has 0 aliphatic carbocycles. The first-order valence-corrected chi connectivity index (χ1v) is 10.4. The third-order valence-electron chi connectivity index (χ3n) is 4.26. The molecule has 1 fully saturated rings. The molecular weight excluding hydrogens is 374 g/mol. The van der Waals surface area contributed by atoms with E-state index in [-0.39, 0.29) is 5.91 Å². The molecule has 2 aromatic carbocycles. The highest BCUT2D eigenvalue weighted by atomic mass is 35.5. The molecule has 0 bridgehead atoms. The van der Waals surface area contributed by atoms with E-state index in [0.29, 0.717) is 42.5 Å². The lowest BCUT2D eigenvalue weighted by atomic mass is 10.2. The number of piperazine rings is 1. The van der Waals surface area contributed by atoms with Gasteiger partial charge in [-0.05, 0) is 36.4 Å². The van der Waals surface area contributed by atoms with Gasteiger partial charge in [0.2, 0.25) is 10.0 Å². The molecule has 1 saturated heterocycles. The van der Waals surface area contributed by atoms with Gasteiger partial charge in [0.05, 0.1) is 6.26 Å². The Morgan fingerprint density at radius 2 is 1.73 bits per heavy atom. The molecule has 138 valence electrons. The number of hydrogen-bond donors (Lipinski definition) is 1. The van der Waals surface area contributed by atoms with Gasteiger partial charge < -0.3 is 10.2 Å². The molecule has 2 aromatic rings. The van der Waals surface area contributed by atoms with Crippen molar-refractivity contribution in [3.8, 4) is 0 Å². The van der Waals surface area contributed by atoms with E-state index in [1.807, 2.05) is 24.3 Å². The van der Waals surface area contributed by atoms with Crippen molar-refractivity contribution in [3.63, 3.8) is 0 Å². The van der Waals surface area contributed by atoms with Gasteiger partial charge in [-0.2, -0.15) is 4.31 Å². The summed E-state index contributed by atoms with van der Waals surface area (Å²) < 4.78 is 24.7. The van der Waals surface area contributed by atoms with Crippen LogP contribution < -0.4 is 10.2 Å². The number of halogens is 1. The fraction of sp³-hybridized carbons (Fsp3) is 0.278. The van der Waals surface area contributed by atoms with Gasteiger partial charge in [0.1, 0.15) is 0 Å².